The summed E-state index contributed by atoms with van der Waals surface area (Å²) >= 11 is 12.7. The number of benzene rings is 3. The van der Waals surface area contributed by atoms with Gasteiger partial charge >= 0.3 is 0 Å². The predicted octanol–water partition coefficient (Wildman–Crippen LogP) is 5.05. The topological polar surface area (TPSA) is 57.7 Å². The van der Waals surface area contributed by atoms with Crippen molar-refractivity contribution < 1.29 is 14.4 Å². The Kier molecular flexibility index (Phi) is 4.61. The van der Waals surface area contributed by atoms with Crippen LogP contribution in [0.15, 0.2) is 66.7 Å². The van der Waals surface area contributed by atoms with Gasteiger partial charge in [0.05, 0.1) is 27.2 Å². The van der Waals surface area contributed by atoms with Gasteiger partial charge in [-0.2, -0.15) is 0 Å². The fraction of sp³-hybridized carbons (Fsp3) is 0.125. The number of anilines is 1. The van der Waals surface area contributed by atoms with Gasteiger partial charge in [0.1, 0.15) is 6.04 Å². The van der Waals surface area contributed by atoms with Gasteiger partial charge in [-0.3, -0.25) is 19.3 Å². The number of carbonyl (C=O) groups is 3. The zero-order chi connectivity index (χ0) is 21.9. The number of rotatable bonds is 3. The first kappa shape index (κ1) is 19.8. The molecule has 2 atom stereocenters. The molecule has 0 N–H and O–H groups in total. The van der Waals surface area contributed by atoms with Crippen LogP contribution in [0, 0.1) is 6.92 Å². The Morgan fingerprint density at radius 2 is 1.32 bits per heavy atom. The van der Waals surface area contributed by atoms with Crippen molar-refractivity contribution in [2.45, 2.75) is 19.0 Å². The number of hydrogen-bond acceptors (Lipinski definition) is 3. The van der Waals surface area contributed by atoms with Crippen molar-refractivity contribution in [3.63, 3.8) is 0 Å². The van der Waals surface area contributed by atoms with Crippen LogP contribution in [0.2, 0.25) is 10.0 Å². The third-order valence-electron chi connectivity index (χ3n) is 5.78. The van der Waals surface area contributed by atoms with Crippen LogP contribution < -0.4 is 4.90 Å². The van der Waals surface area contributed by atoms with Crippen molar-refractivity contribution in [1.29, 1.82) is 0 Å². The molecule has 3 aromatic carbocycles. The monoisotopic (exact) mass is 450 g/mol. The summed E-state index contributed by atoms with van der Waals surface area (Å²) in [6.07, 6.45) is 0. The highest BCUT2D eigenvalue weighted by molar-refractivity contribution is 6.42. The zero-order valence-corrected chi connectivity index (χ0v) is 17.9. The molecule has 1 fully saturated rings. The van der Waals surface area contributed by atoms with Crippen LogP contribution in [0.1, 0.15) is 37.9 Å². The molecule has 7 heteroatoms. The first-order chi connectivity index (χ1) is 14.9. The first-order valence-corrected chi connectivity index (χ1v) is 10.5. The minimum Gasteiger partial charge on any atom is -0.300 e. The maximum absolute atomic E-state index is 13.4. The molecular weight excluding hydrogens is 435 g/mol. The molecule has 3 aromatic rings. The fourth-order valence-electron chi connectivity index (χ4n) is 4.24. The summed E-state index contributed by atoms with van der Waals surface area (Å²) in [4.78, 5) is 42.1. The average Bonchev–Trinajstić information content (AvgIpc) is 3.01. The SMILES string of the molecule is Cc1ccc(N2C(=O)[C@@H](N3C(=O)c4ccccc4C3=O)[C@H]2c2cccc(Cl)c2Cl)cc1. The van der Waals surface area contributed by atoms with E-state index in [1.54, 1.807) is 47.4 Å². The number of imide groups is 1. The molecule has 0 aliphatic carbocycles. The van der Waals surface area contributed by atoms with E-state index in [2.05, 4.69) is 0 Å². The molecule has 0 bridgehead atoms. The van der Waals surface area contributed by atoms with Crippen LogP contribution in [0.3, 0.4) is 0 Å². The van der Waals surface area contributed by atoms with E-state index in [9.17, 15) is 14.4 Å². The molecule has 0 radical (unpaired) electrons. The van der Waals surface area contributed by atoms with Gasteiger partial charge in [-0.25, -0.2) is 0 Å². The lowest BCUT2D eigenvalue weighted by Gasteiger charge is -2.50. The van der Waals surface area contributed by atoms with Gasteiger partial charge in [0.15, 0.2) is 0 Å². The summed E-state index contributed by atoms with van der Waals surface area (Å²) in [5.74, 6) is -1.31. The second kappa shape index (κ2) is 7.22. The van der Waals surface area contributed by atoms with Crippen LogP contribution >= 0.6 is 23.2 Å². The summed E-state index contributed by atoms with van der Waals surface area (Å²) in [5.41, 5.74) is 2.88. The minimum absolute atomic E-state index is 0.292. The lowest BCUT2D eigenvalue weighted by Crippen LogP contribution is -2.67. The fourth-order valence-corrected chi connectivity index (χ4v) is 4.66. The molecule has 1 saturated heterocycles. The number of nitrogens with zero attached hydrogens (tertiary/aromatic N) is 2. The quantitative estimate of drug-likeness (QED) is 0.414. The molecule has 2 heterocycles. The van der Waals surface area contributed by atoms with E-state index in [4.69, 9.17) is 23.2 Å². The van der Waals surface area contributed by atoms with Crippen molar-refractivity contribution >= 4 is 46.6 Å². The third-order valence-corrected chi connectivity index (χ3v) is 6.62. The summed E-state index contributed by atoms with van der Waals surface area (Å²) in [7, 11) is 0. The van der Waals surface area contributed by atoms with Gasteiger partial charge in [-0.15, -0.1) is 0 Å². The van der Waals surface area contributed by atoms with Gasteiger partial charge in [0.25, 0.3) is 17.7 Å². The van der Waals surface area contributed by atoms with E-state index in [0.29, 0.717) is 32.4 Å². The second-order valence-electron chi connectivity index (χ2n) is 7.60. The van der Waals surface area contributed by atoms with E-state index < -0.39 is 23.9 Å². The number of aryl methyl sites for hydroxylation is 1. The minimum atomic E-state index is -1.01. The van der Waals surface area contributed by atoms with E-state index in [-0.39, 0.29) is 5.91 Å². The highest BCUT2D eigenvalue weighted by Crippen LogP contribution is 2.47. The molecule has 2 aliphatic heterocycles. The summed E-state index contributed by atoms with van der Waals surface area (Å²) in [5, 5.41) is 0.629. The molecule has 0 unspecified atom stereocenters. The summed E-state index contributed by atoms with van der Waals surface area (Å²) < 4.78 is 0. The Labute approximate surface area is 188 Å². The zero-order valence-electron chi connectivity index (χ0n) is 16.4. The van der Waals surface area contributed by atoms with Gasteiger partial charge in [-0.1, -0.05) is 65.2 Å². The second-order valence-corrected chi connectivity index (χ2v) is 8.39. The van der Waals surface area contributed by atoms with Crippen LogP contribution in [0.25, 0.3) is 0 Å². The van der Waals surface area contributed by atoms with Crippen molar-refractivity contribution in [3.05, 3.63) is 99.0 Å². The van der Waals surface area contributed by atoms with Crippen molar-refractivity contribution in [3.8, 4) is 0 Å². The number of carbonyl (C=O) groups excluding carboxylic acids is 3. The molecule has 0 aromatic heterocycles. The van der Waals surface area contributed by atoms with Crippen LogP contribution in [0.4, 0.5) is 5.69 Å². The van der Waals surface area contributed by atoms with Gasteiger partial charge in [0, 0.05) is 5.69 Å². The standard InChI is InChI=1S/C24H16Cl2N2O3/c1-13-9-11-14(12-10-13)27-20(17-7-4-8-18(25)19(17)26)21(24(27)31)28-22(29)15-5-2-3-6-16(15)23(28)30/h2-12,20-21H,1H3/t20-,21+/m1/s1. The number of fused-ring (bicyclic) bond motifs is 1. The van der Waals surface area contributed by atoms with Gasteiger partial charge in [-0.05, 0) is 42.8 Å². The van der Waals surface area contributed by atoms with Crippen molar-refractivity contribution in [2.75, 3.05) is 4.90 Å². The Bertz CT molecular complexity index is 1220. The van der Waals surface area contributed by atoms with Crippen molar-refractivity contribution in [1.82, 2.24) is 4.90 Å². The molecule has 31 heavy (non-hydrogen) atoms. The largest absolute Gasteiger partial charge is 0.300 e. The molecule has 0 spiro atoms. The lowest BCUT2D eigenvalue weighted by atomic mass is 9.86. The number of amides is 3. The highest BCUT2D eigenvalue weighted by atomic mass is 35.5. The molecule has 2 aliphatic rings. The number of β-lactam (4-membered cyclic amide) rings is 1. The Morgan fingerprint density at radius 1 is 0.710 bits per heavy atom. The maximum atomic E-state index is 13.4. The van der Waals surface area contributed by atoms with Gasteiger partial charge in [0.2, 0.25) is 0 Å². The Balaban J connectivity index is 1.63. The normalized spacial score (nSPS) is 20.2. The molecule has 3 amide bonds. The van der Waals surface area contributed by atoms with E-state index in [0.717, 1.165) is 10.5 Å². The molecular formula is C24H16Cl2N2O3. The number of halogens is 2. The smallest absolute Gasteiger partial charge is 0.262 e. The van der Waals surface area contributed by atoms with Crippen LogP contribution in [0.5, 0.6) is 0 Å². The summed E-state index contributed by atoms with van der Waals surface area (Å²) in [6, 6.07) is 17.5. The van der Waals surface area contributed by atoms with E-state index >= 15 is 0 Å². The van der Waals surface area contributed by atoms with E-state index in [1.807, 2.05) is 31.2 Å². The molecule has 154 valence electrons. The maximum Gasteiger partial charge on any atom is 0.262 e. The average molecular weight is 451 g/mol. The van der Waals surface area contributed by atoms with Crippen LogP contribution in [-0.4, -0.2) is 28.7 Å². The molecule has 0 saturated carbocycles. The van der Waals surface area contributed by atoms with Crippen molar-refractivity contribution in [2.24, 2.45) is 0 Å². The predicted molar refractivity (Wildman–Crippen MR) is 119 cm³/mol. The Morgan fingerprint density at radius 3 is 1.94 bits per heavy atom. The first-order valence-electron chi connectivity index (χ1n) is 9.70. The molecule has 5 nitrogen and oxygen atoms in total. The van der Waals surface area contributed by atoms with E-state index in [1.165, 1.54) is 0 Å². The lowest BCUT2D eigenvalue weighted by molar-refractivity contribution is -0.130. The Hall–Kier alpha value is -3.15. The highest BCUT2D eigenvalue weighted by Gasteiger charge is 2.57. The van der Waals surface area contributed by atoms with Gasteiger partial charge < -0.3 is 4.90 Å². The summed E-state index contributed by atoms with van der Waals surface area (Å²) in [6.45, 7) is 1.95. The van der Waals surface area contributed by atoms with Crippen LogP contribution in [-0.2, 0) is 4.79 Å². The molecule has 5 rings (SSSR count). The number of hydrogen-bond donors (Lipinski definition) is 0. The third kappa shape index (κ3) is 2.88.